The summed E-state index contributed by atoms with van der Waals surface area (Å²) in [6.45, 7) is 0. The van der Waals surface area contributed by atoms with Gasteiger partial charge < -0.3 is 14.9 Å². The number of aromatic hydroxyl groups is 2. The van der Waals surface area contributed by atoms with Gasteiger partial charge in [0.2, 0.25) is 0 Å². The van der Waals surface area contributed by atoms with Crippen molar-refractivity contribution in [1.82, 2.24) is 5.43 Å². The van der Waals surface area contributed by atoms with Gasteiger partial charge in [-0.2, -0.15) is 5.10 Å². The second-order valence-electron chi connectivity index (χ2n) is 4.59. The van der Waals surface area contributed by atoms with E-state index < -0.39 is 28.0 Å². The highest BCUT2D eigenvalue weighted by molar-refractivity contribution is 5.95. The van der Waals surface area contributed by atoms with Crippen LogP contribution in [0.25, 0.3) is 0 Å². The smallest absolute Gasteiger partial charge is 0.311 e. The number of hydrogen-bond donors (Lipinski definition) is 3. The molecule has 2 rings (SSSR count). The number of hydrogen-bond acceptors (Lipinski definition) is 7. The summed E-state index contributed by atoms with van der Waals surface area (Å²) in [6, 6.07) is 8.12. The molecule has 0 radical (unpaired) electrons. The zero-order valence-corrected chi connectivity index (χ0v) is 12.5. The molecule has 9 nitrogen and oxygen atoms in total. The molecule has 0 bridgehead atoms. The molecular weight excluding hydrogens is 318 g/mol. The predicted octanol–water partition coefficient (Wildman–Crippen LogP) is 1.78. The molecule has 3 N–H and O–H groups in total. The minimum absolute atomic E-state index is 0.0366. The van der Waals surface area contributed by atoms with Crippen molar-refractivity contribution in [2.75, 3.05) is 7.11 Å². The summed E-state index contributed by atoms with van der Waals surface area (Å²) >= 11 is 0. The molecule has 0 aromatic heterocycles. The Morgan fingerprint density at radius 3 is 2.71 bits per heavy atom. The van der Waals surface area contributed by atoms with Crippen molar-refractivity contribution in [3.63, 3.8) is 0 Å². The fourth-order valence-electron chi connectivity index (χ4n) is 1.82. The maximum absolute atomic E-state index is 11.9. The number of carbonyl (C=O) groups excluding carboxylic acids is 1. The summed E-state index contributed by atoms with van der Waals surface area (Å²) < 4.78 is 5.00. The van der Waals surface area contributed by atoms with Crippen LogP contribution in [0, 0.1) is 10.1 Å². The van der Waals surface area contributed by atoms with Crippen molar-refractivity contribution < 1.29 is 24.7 Å². The first-order valence-corrected chi connectivity index (χ1v) is 6.60. The number of nitrogens with one attached hydrogen (secondary N) is 1. The van der Waals surface area contributed by atoms with E-state index in [4.69, 9.17) is 4.74 Å². The normalized spacial score (nSPS) is 10.5. The SMILES string of the molecule is COc1cccc(C(=O)NN=Cc2cc([N+](=O)[O-])c(O)cc2O)c1. The summed E-state index contributed by atoms with van der Waals surface area (Å²) in [4.78, 5) is 21.9. The molecule has 0 unspecified atom stereocenters. The van der Waals surface area contributed by atoms with Crippen LogP contribution in [0.3, 0.4) is 0 Å². The summed E-state index contributed by atoms with van der Waals surface area (Å²) in [7, 11) is 1.47. The third-order valence-electron chi connectivity index (χ3n) is 3.02. The van der Waals surface area contributed by atoms with Gasteiger partial charge in [0.15, 0.2) is 5.75 Å². The number of amides is 1. The Balaban J connectivity index is 2.15. The number of nitrogens with zero attached hydrogens (tertiary/aromatic N) is 2. The van der Waals surface area contributed by atoms with E-state index in [0.29, 0.717) is 11.3 Å². The van der Waals surface area contributed by atoms with Gasteiger partial charge in [0, 0.05) is 23.3 Å². The van der Waals surface area contributed by atoms with E-state index in [1.165, 1.54) is 13.2 Å². The molecule has 0 heterocycles. The molecule has 0 atom stereocenters. The number of hydrazone groups is 1. The van der Waals surface area contributed by atoms with Crippen LogP contribution in [0.5, 0.6) is 17.2 Å². The van der Waals surface area contributed by atoms with Crippen LogP contribution in [0.4, 0.5) is 5.69 Å². The van der Waals surface area contributed by atoms with Gasteiger partial charge in [0.25, 0.3) is 5.91 Å². The van der Waals surface area contributed by atoms with E-state index in [0.717, 1.165) is 18.3 Å². The number of nitro groups is 1. The van der Waals surface area contributed by atoms with Crippen molar-refractivity contribution in [1.29, 1.82) is 0 Å². The van der Waals surface area contributed by atoms with Crippen LogP contribution in [-0.2, 0) is 0 Å². The van der Waals surface area contributed by atoms with E-state index in [1.54, 1.807) is 18.2 Å². The fourth-order valence-corrected chi connectivity index (χ4v) is 1.82. The predicted molar refractivity (Wildman–Crippen MR) is 84.5 cm³/mol. The van der Waals surface area contributed by atoms with Gasteiger partial charge >= 0.3 is 5.69 Å². The van der Waals surface area contributed by atoms with Crippen LogP contribution >= 0.6 is 0 Å². The van der Waals surface area contributed by atoms with Gasteiger partial charge in [-0.05, 0) is 18.2 Å². The zero-order valence-electron chi connectivity index (χ0n) is 12.5. The highest BCUT2D eigenvalue weighted by atomic mass is 16.6. The van der Waals surface area contributed by atoms with E-state index in [1.807, 2.05) is 0 Å². The number of benzene rings is 2. The van der Waals surface area contributed by atoms with Crippen molar-refractivity contribution in [3.05, 3.63) is 57.6 Å². The number of ether oxygens (including phenoxy) is 1. The first-order valence-electron chi connectivity index (χ1n) is 6.60. The van der Waals surface area contributed by atoms with Crippen LogP contribution in [-0.4, -0.2) is 34.4 Å². The van der Waals surface area contributed by atoms with Crippen molar-refractivity contribution >= 4 is 17.8 Å². The Hall–Kier alpha value is -3.62. The Morgan fingerprint density at radius 2 is 2.04 bits per heavy atom. The van der Waals surface area contributed by atoms with Gasteiger partial charge in [-0.15, -0.1) is 0 Å². The lowest BCUT2D eigenvalue weighted by molar-refractivity contribution is -0.385. The second kappa shape index (κ2) is 7.09. The molecule has 2 aromatic rings. The topological polar surface area (TPSA) is 134 Å². The molecule has 0 saturated heterocycles. The third kappa shape index (κ3) is 3.77. The molecule has 0 aliphatic rings. The number of carbonyl (C=O) groups is 1. The average molecular weight is 331 g/mol. The van der Waals surface area contributed by atoms with Gasteiger partial charge in [-0.1, -0.05) is 6.07 Å². The maximum atomic E-state index is 11.9. The average Bonchev–Trinajstić information content (AvgIpc) is 2.56. The van der Waals surface area contributed by atoms with Crippen molar-refractivity contribution in [2.24, 2.45) is 5.10 Å². The standard InChI is InChI=1S/C15H13N3O6/c1-24-11-4-2-3-9(5-11)15(21)17-16-8-10-6-12(18(22)23)14(20)7-13(10)19/h2-8,19-20H,1H3,(H,17,21). The summed E-state index contributed by atoms with van der Waals surface area (Å²) in [5.74, 6) is -1.12. The Bertz CT molecular complexity index is 819. The minimum Gasteiger partial charge on any atom is -0.507 e. The van der Waals surface area contributed by atoms with E-state index >= 15 is 0 Å². The fraction of sp³-hybridized carbons (Fsp3) is 0.0667. The number of nitro benzene ring substituents is 1. The molecule has 124 valence electrons. The molecule has 0 saturated carbocycles. The van der Waals surface area contributed by atoms with E-state index in [2.05, 4.69) is 10.5 Å². The first kappa shape index (κ1) is 16.7. The Kier molecular flexibility index (Phi) is 4.95. The van der Waals surface area contributed by atoms with Gasteiger partial charge in [0.05, 0.1) is 18.2 Å². The summed E-state index contributed by atoms with van der Waals surface area (Å²) in [5, 5.41) is 33.4. The Morgan fingerprint density at radius 1 is 1.29 bits per heavy atom. The lowest BCUT2D eigenvalue weighted by atomic mass is 10.2. The summed E-state index contributed by atoms with van der Waals surface area (Å²) in [6.07, 6.45) is 1.03. The Labute approximate surface area is 136 Å². The van der Waals surface area contributed by atoms with Crippen LogP contribution in [0.1, 0.15) is 15.9 Å². The third-order valence-corrected chi connectivity index (χ3v) is 3.02. The van der Waals surface area contributed by atoms with Gasteiger partial charge in [-0.25, -0.2) is 5.43 Å². The molecule has 1 amide bonds. The molecule has 24 heavy (non-hydrogen) atoms. The first-order chi connectivity index (χ1) is 11.4. The van der Waals surface area contributed by atoms with E-state index in [-0.39, 0.29) is 5.56 Å². The molecule has 0 aliphatic heterocycles. The highest BCUT2D eigenvalue weighted by Gasteiger charge is 2.16. The van der Waals surface area contributed by atoms with Crippen molar-refractivity contribution in [2.45, 2.75) is 0 Å². The second-order valence-corrected chi connectivity index (χ2v) is 4.59. The lowest BCUT2D eigenvalue weighted by Gasteiger charge is -2.03. The van der Waals surface area contributed by atoms with E-state index in [9.17, 15) is 25.1 Å². The molecule has 9 heteroatoms. The van der Waals surface area contributed by atoms with Crippen LogP contribution < -0.4 is 10.2 Å². The maximum Gasteiger partial charge on any atom is 0.311 e. The quantitative estimate of drug-likeness (QED) is 0.434. The number of phenolic OH excluding ortho intramolecular Hbond substituents is 2. The summed E-state index contributed by atoms with van der Waals surface area (Å²) in [5.41, 5.74) is 1.89. The highest BCUT2D eigenvalue weighted by Crippen LogP contribution is 2.31. The van der Waals surface area contributed by atoms with Gasteiger partial charge in [-0.3, -0.25) is 14.9 Å². The largest absolute Gasteiger partial charge is 0.507 e. The molecule has 2 aromatic carbocycles. The van der Waals surface area contributed by atoms with Crippen LogP contribution in [0.15, 0.2) is 41.5 Å². The van der Waals surface area contributed by atoms with Crippen molar-refractivity contribution in [3.8, 4) is 17.2 Å². The zero-order chi connectivity index (χ0) is 17.7. The minimum atomic E-state index is -0.805. The number of rotatable bonds is 5. The molecule has 0 aliphatic carbocycles. The number of phenols is 2. The number of methoxy groups -OCH3 is 1. The van der Waals surface area contributed by atoms with Crippen LogP contribution in [0.2, 0.25) is 0 Å². The monoisotopic (exact) mass is 331 g/mol. The molecular formula is C15H13N3O6. The molecule has 0 spiro atoms. The van der Waals surface area contributed by atoms with Gasteiger partial charge in [0.1, 0.15) is 11.5 Å². The lowest BCUT2D eigenvalue weighted by Crippen LogP contribution is -2.17. The molecule has 0 fully saturated rings.